The van der Waals surface area contributed by atoms with Gasteiger partial charge in [-0.1, -0.05) is 11.6 Å². The molecule has 0 saturated heterocycles. The van der Waals surface area contributed by atoms with Gasteiger partial charge in [0.2, 0.25) is 0 Å². The first-order valence-electron chi connectivity index (χ1n) is 7.27. The van der Waals surface area contributed by atoms with Crippen LogP contribution in [0.1, 0.15) is 27.2 Å². The topological polar surface area (TPSA) is 74.8 Å². The molecule has 6 heteroatoms. The number of nitrogens with zero attached hydrogens (tertiary/aromatic N) is 1. The van der Waals surface area contributed by atoms with Gasteiger partial charge in [0.1, 0.15) is 11.3 Å². The van der Waals surface area contributed by atoms with Crippen LogP contribution >= 0.6 is 11.6 Å². The Morgan fingerprint density at radius 2 is 1.92 bits per heavy atom. The minimum absolute atomic E-state index is 0.155. The maximum absolute atomic E-state index is 12.1. The van der Waals surface area contributed by atoms with Crippen molar-refractivity contribution in [2.75, 3.05) is 0 Å². The summed E-state index contributed by atoms with van der Waals surface area (Å²) in [4.78, 5) is 12.1. The predicted octanol–water partition coefficient (Wildman–Crippen LogP) is 4.17. The Balaban J connectivity index is 1.74. The molecule has 1 amide bonds. The molecule has 0 spiro atoms. The van der Waals surface area contributed by atoms with Gasteiger partial charge in [0, 0.05) is 10.4 Å². The molecule has 2 N–H and O–H groups in total. The van der Waals surface area contributed by atoms with Crippen LogP contribution in [0.5, 0.6) is 5.75 Å². The number of hydrazone groups is 1. The van der Waals surface area contributed by atoms with Crippen LogP contribution in [0.25, 0.3) is 11.0 Å². The van der Waals surface area contributed by atoms with Crippen molar-refractivity contribution in [2.45, 2.75) is 13.8 Å². The number of amides is 1. The van der Waals surface area contributed by atoms with Crippen LogP contribution in [-0.2, 0) is 0 Å². The van der Waals surface area contributed by atoms with Gasteiger partial charge in [-0.15, -0.1) is 0 Å². The van der Waals surface area contributed by atoms with Gasteiger partial charge < -0.3 is 9.52 Å². The highest BCUT2D eigenvalue weighted by Gasteiger charge is 2.11. The second-order valence-corrected chi connectivity index (χ2v) is 5.93. The quantitative estimate of drug-likeness (QED) is 0.554. The van der Waals surface area contributed by atoms with Crippen LogP contribution in [0.3, 0.4) is 0 Å². The van der Waals surface area contributed by atoms with E-state index in [2.05, 4.69) is 10.5 Å². The van der Waals surface area contributed by atoms with E-state index in [1.54, 1.807) is 50.2 Å². The van der Waals surface area contributed by atoms with Gasteiger partial charge in [0.25, 0.3) is 0 Å². The van der Waals surface area contributed by atoms with Crippen LogP contribution in [0.4, 0.5) is 0 Å². The number of hydrogen-bond donors (Lipinski definition) is 2. The highest BCUT2D eigenvalue weighted by atomic mass is 35.5. The number of rotatable bonds is 3. The highest BCUT2D eigenvalue weighted by molar-refractivity contribution is 6.31. The monoisotopic (exact) mass is 342 g/mol. The molecule has 0 aliphatic rings. The van der Waals surface area contributed by atoms with Crippen molar-refractivity contribution in [3.8, 4) is 5.75 Å². The normalized spacial score (nSPS) is 11.3. The number of carbonyl (C=O) groups is 1. The van der Waals surface area contributed by atoms with Crippen LogP contribution in [0, 0.1) is 13.8 Å². The number of carbonyl (C=O) groups excluding carboxylic acids is 1. The van der Waals surface area contributed by atoms with Crippen LogP contribution in [0.15, 0.2) is 45.9 Å². The van der Waals surface area contributed by atoms with E-state index in [4.69, 9.17) is 16.0 Å². The highest BCUT2D eigenvalue weighted by Crippen LogP contribution is 2.23. The van der Waals surface area contributed by atoms with E-state index in [1.165, 1.54) is 6.21 Å². The van der Waals surface area contributed by atoms with Crippen molar-refractivity contribution in [2.24, 2.45) is 5.10 Å². The molecule has 0 aliphatic heterocycles. The second kappa shape index (κ2) is 6.37. The smallest absolute Gasteiger partial charge is 0.307 e. The first kappa shape index (κ1) is 16.1. The Morgan fingerprint density at radius 1 is 1.21 bits per heavy atom. The third kappa shape index (κ3) is 3.26. The van der Waals surface area contributed by atoms with Crippen LogP contribution in [0.2, 0.25) is 5.02 Å². The largest absolute Gasteiger partial charge is 0.507 e. The Hall–Kier alpha value is -2.79. The molecule has 0 atom stereocenters. The summed E-state index contributed by atoms with van der Waals surface area (Å²) in [5.41, 5.74) is 5.27. The summed E-state index contributed by atoms with van der Waals surface area (Å²) in [6, 6.07) is 10.3. The molecule has 2 aromatic carbocycles. The number of halogens is 1. The number of phenolic OH excluding ortho intramolecular Hbond substituents is 1. The minimum Gasteiger partial charge on any atom is -0.507 e. The van der Waals surface area contributed by atoms with Crippen molar-refractivity contribution in [3.63, 3.8) is 0 Å². The van der Waals surface area contributed by atoms with E-state index in [-0.39, 0.29) is 11.5 Å². The molecule has 0 unspecified atom stereocenters. The van der Waals surface area contributed by atoms with Crippen molar-refractivity contribution >= 4 is 34.7 Å². The number of phenols is 1. The molecule has 0 saturated carbocycles. The second-order valence-electron chi connectivity index (χ2n) is 5.50. The third-order valence-corrected chi connectivity index (χ3v) is 3.83. The first-order chi connectivity index (χ1) is 11.4. The molecule has 0 radical (unpaired) electrons. The van der Waals surface area contributed by atoms with Gasteiger partial charge in [-0.2, -0.15) is 5.10 Å². The fourth-order valence-electron chi connectivity index (χ4n) is 2.41. The van der Waals surface area contributed by atoms with Gasteiger partial charge in [-0.25, -0.2) is 5.43 Å². The average Bonchev–Trinajstić information content (AvgIpc) is 2.95. The average molecular weight is 343 g/mol. The van der Waals surface area contributed by atoms with E-state index in [9.17, 15) is 9.90 Å². The Kier molecular flexibility index (Phi) is 4.27. The van der Waals surface area contributed by atoms with Crippen molar-refractivity contribution in [1.29, 1.82) is 0 Å². The summed E-state index contributed by atoms with van der Waals surface area (Å²) in [5.74, 6) is -0.0367. The molecule has 0 bridgehead atoms. The molecule has 3 rings (SSSR count). The lowest BCUT2D eigenvalue weighted by molar-refractivity contribution is 0.0929. The lowest BCUT2D eigenvalue weighted by atomic mass is 10.1. The summed E-state index contributed by atoms with van der Waals surface area (Å²) in [7, 11) is 0. The summed E-state index contributed by atoms with van der Waals surface area (Å²) >= 11 is 5.91. The van der Waals surface area contributed by atoms with Gasteiger partial charge in [-0.05, 0) is 66.9 Å². The summed E-state index contributed by atoms with van der Waals surface area (Å²) < 4.78 is 5.46. The minimum atomic E-state index is -0.453. The van der Waals surface area contributed by atoms with Gasteiger partial charge in [0.05, 0.1) is 6.21 Å². The number of nitrogens with one attached hydrogen (secondary N) is 1. The number of aryl methyl sites for hydroxylation is 2. The Labute approximate surface area is 143 Å². The van der Waals surface area contributed by atoms with Crippen molar-refractivity contribution < 1.29 is 14.3 Å². The van der Waals surface area contributed by atoms with Crippen LogP contribution in [-0.4, -0.2) is 17.2 Å². The lowest BCUT2D eigenvalue weighted by Gasteiger charge is -2.04. The molecule has 3 aromatic rings. The molecule has 1 aromatic heterocycles. The van der Waals surface area contributed by atoms with Gasteiger partial charge in [-0.3, -0.25) is 4.79 Å². The molecule has 0 aliphatic carbocycles. The number of hydrogen-bond acceptors (Lipinski definition) is 4. The Bertz CT molecular complexity index is 937. The fraction of sp³-hybridized carbons (Fsp3) is 0.111. The summed E-state index contributed by atoms with van der Waals surface area (Å²) in [5, 5.41) is 15.0. The molecule has 0 fully saturated rings. The maximum Gasteiger partial charge on any atom is 0.307 e. The fourth-order valence-corrected chi connectivity index (χ4v) is 2.59. The summed E-state index contributed by atoms with van der Waals surface area (Å²) in [6.07, 6.45) is 1.51. The predicted molar refractivity (Wildman–Crippen MR) is 93.9 cm³/mol. The summed E-state index contributed by atoms with van der Waals surface area (Å²) in [6.45, 7) is 3.61. The zero-order chi connectivity index (χ0) is 17.3. The van der Waals surface area contributed by atoms with E-state index in [0.29, 0.717) is 10.6 Å². The zero-order valence-electron chi connectivity index (χ0n) is 13.1. The van der Waals surface area contributed by atoms with Gasteiger partial charge in [0.15, 0.2) is 5.76 Å². The molecule has 1 heterocycles. The van der Waals surface area contributed by atoms with Gasteiger partial charge >= 0.3 is 5.91 Å². The van der Waals surface area contributed by atoms with E-state index in [0.717, 1.165) is 22.1 Å². The molecular formula is C18H15ClN2O3. The first-order valence-corrected chi connectivity index (χ1v) is 7.64. The zero-order valence-corrected chi connectivity index (χ0v) is 13.9. The lowest BCUT2D eigenvalue weighted by Crippen LogP contribution is -2.16. The molecule has 122 valence electrons. The molecular weight excluding hydrogens is 328 g/mol. The Morgan fingerprint density at radius 3 is 2.62 bits per heavy atom. The number of furan rings is 1. The van der Waals surface area contributed by atoms with Crippen LogP contribution < -0.4 is 5.43 Å². The van der Waals surface area contributed by atoms with E-state index < -0.39 is 5.91 Å². The standard InChI is InChI=1S/C18H15ClN2O3/c1-10-5-12(6-11(2)17(10)22)9-20-21-18(23)16-8-13-7-14(19)3-4-15(13)24-16/h3-9,22H,1-2H3,(H,21,23)/b20-9-. The SMILES string of the molecule is Cc1cc(/C=N\NC(=O)c2cc3cc(Cl)ccc3o2)cc(C)c1O. The number of benzene rings is 2. The third-order valence-electron chi connectivity index (χ3n) is 3.60. The van der Waals surface area contributed by atoms with Crippen molar-refractivity contribution in [1.82, 2.24) is 5.43 Å². The van der Waals surface area contributed by atoms with Crippen molar-refractivity contribution in [3.05, 3.63) is 63.9 Å². The molecule has 24 heavy (non-hydrogen) atoms. The number of aromatic hydroxyl groups is 1. The van der Waals surface area contributed by atoms with E-state index >= 15 is 0 Å². The molecule has 5 nitrogen and oxygen atoms in total. The van der Waals surface area contributed by atoms with E-state index in [1.807, 2.05) is 0 Å². The maximum atomic E-state index is 12.1. The number of fused-ring (bicyclic) bond motifs is 1.